The van der Waals surface area contributed by atoms with Gasteiger partial charge in [0.15, 0.2) is 5.82 Å². The lowest BCUT2D eigenvalue weighted by Crippen LogP contribution is -2.30. The molecule has 1 aromatic heterocycles. The molecule has 104 valence electrons. The Balaban J connectivity index is 2.05. The number of nitrogen functional groups attached to an aromatic ring is 1. The Hall–Kier alpha value is -2.49. The van der Waals surface area contributed by atoms with Gasteiger partial charge >= 0.3 is 0 Å². The monoisotopic (exact) mass is 294 g/mol. The van der Waals surface area contributed by atoms with Crippen molar-refractivity contribution in [2.45, 2.75) is 11.4 Å². The number of nitrogens with zero attached hydrogens (tertiary/aromatic N) is 5. The quantitative estimate of drug-likeness (QED) is 0.714. The Morgan fingerprint density at radius 1 is 1.35 bits per heavy atom. The lowest BCUT2D eigenvalue weighted by atomic mass is 10.2. The largest absolute Gasteiger partial charge is 0.399 e. The van der Waals surface area contributed by atoms with E-state index in [2.05, 4.69) is 15.4 Å². The number of amides is 1. The van der Waals surface area contributed by atoms with Gasteiger partial charge in [0.05, 0.1) is 12.6 Å². The Bertz CT molecular complexity index is 812. The molecular weight excluding hydrogens is 284 g/mol. The fraction of sp³-hybridized carbons (Fsp3) is 0.200. The maximum atomic E-state index is 12.3. The molecule has 9 nitrogen and oxygen atoms in total. The Morgan fingerprint density at radius 2 is 2.10 bits per heavy atom. The van der Waals surface area contributed by atoms with E-state index in [0.29, 0.717) is 9.99 Å². The molecule has 0 saturated carbocycles. The van der Waals surface area contributed by atoms with Gasteiger partial charge in [0.2, 0.25) is 0 Å². The molecule has 0 spiro atoms. The average molecular weight is 294 g/mol. The van der Waals surface area contributed by atoms with E-state index in [9.17, 15) is 13.2 Å². The van der Waals surface area contributed by atoms with E-state index in [4.69, 9.17) is 5.73 Å². The zero-order valence-electron chi connectivity index (χ0n) is 10.4. The minimum atomic E-state index is -3.89. The summed E-state index contributed by atoms with van der Waals surface area (Å²) in [7, 11) is -2.34. The van der Waals surface area contributed by atoms with Crippen molar-refractivity contribution in [3.05, 3.63) is 29.6 Å². The number of carbonyl (C=O) groups excluding carboxylic acids is 1. The zero-order valence-corrected chi connectivity index (χ0v) is 11.2. The summed E-state index contributed by atoms with van der Waals surface area (Å²) in [5.41, 5.74) is 5.97. The van der Waals surface area contributed by atoms with Crippen molar-refractivity contribution in [2.24, 2.45) is 7.05 Å². The fourth-order valence-corrected chi connectivity index (χ4v) is 3.48. The molecule has 2 heterocycles. The molecule has 3 rings (SSSR count). The number of tetrazole rings is 1. The normalized spacial score (nSPS) is 16.4. The molecule has 1 aromatic carbocycles. The van der Waals surface area contributed by atoms with Crippen LogP contribution >= 0.6 is 0 Å². The summed E-state index contributed by atoms with van der Waals surface area (Å²) in [6, 6.07) is 4.11. The van der Waals surface area contributed by atoms with Gasteiger partial charge in [-0.2, -0.15) is 4.80 Å². The molecular formula is C10H10N6O3S. The van der Waals surface area contributed by atoms with Crippen molar-refractivity contribution >= 4 is 21.6 Å². The predicted octanol–water partition coefficient (Wildman–Crippen LogP) is -0.863. The molecule has 20 heavy (non-hydrogen) atoms. The SMILES string of the molecule is Cn1nnc(CN2C(=O)c3cc(N)ccc3S2(=O)=O)n1. The number of fused-ring (bicyclic) bond motifs is 1. The number of benzene rings is 1. The highest BCUT2D eigenvalue weighted by Crippen LogP contribution is 2.32. The van der Waals surface area contributed by atoms with Crippen LogP contribution in [0.4, 0.5) is 5.69 Å². The van der Waals surface area contributed by atoms with E-state index in [0.717, 1.165) is 0 Å². The van der Waals surface area contributed by atoms with E-state index < -0.39 is 15.9 Å². The first kappa shape index (κ1) is 12.5. The van der Waals surface area contributed by atoms with Gasteiger partial charge in [-0.05, 0) is 23.4 Å². The van der Waals surface area contributed by atoms with E-state index in [-0.39, 0.29) is 22.8 Å². The van der Waals surface area contributed by atoms with Crippen molar-refractivity contribution in [2.75, 3.05) is 5.73 Å². The summed E-state index contributed by atoms with van der Waals surface area (Å²) in [6.07, 6.45) is 0. The first-order chi connectivity index (χ1) is 9.39. The Morgan fingerprint density at radius 3 is 2.75 bits per heavy atom. The van der Waals surface area contributed by atoms with Crippen molar-refractivity contribution in [1.29, 1.82) is 0 Å². The van der Waals surface area contributed by atoms with Crippen LogP contribution in [0.15, 0.2) is 23.1 Å². The minimum Gasteiger partial charge on any atom is -0.399 e. The third-order valence-corrected chi connectivity index (χ3v) is 4.65. The standard InChI is InChI=1S/C10H10N6O3S/c1-15-13-9(12-14-15)5-16-10(17)7-4-6(11)2-3-8(7)20(16,18)19/h2-4H,5,11H2,1H3. The molecule has 0 saturated heterocycles. The topological polar surface area (TPSA) is 124 Å². The first-order valence-electron chi connectivity index (χ1n) is 5.59. The maximum Gasteiger partial charge on any atom is 0.269 e. The van der Waals surface area contributed by atoms with Gasteiger partial charge in [-0.15, -0.1) is 10.2 Å². The molecule has 0 aliphatic carbocycles. The molecule has 10 heteroatoms. The van der Waals surface area contributed by atoms with Crippen LogP contribution in [0.3, 0.4) is 0 Å². The highest BCUT2D eigenvalue weighted by molar-refractivity contribution is 7.90. The first-order valence-corrected chi connectivity index (χ1v) is 7.03. The van der Waals surface area contributed by atoms with Gasteiger partial charge in [0.25, 0.3) is 15.9 Å². The van der Waals surface area contributed by atoms with Crippen molar-refractivity contribution in [3.63, 3.8) is 0 Å². The summed E-state index contributed by atoms with van der Waals surface area (Å²) in [5, 5.41) is 11.1. The number of hydrogen-bond acceptors (Lipinski definition) is 7. The van der Waals surface area contributed by atoms with Gasteiger partial charge < -0.3 is 5.73 Å². The van der Waals surface area contributed by atoms with Gasteiger partial charge in [-0.1, -0.05) is 0 Å². The minimum absolute atomic E-state index is 0.0550. The molecule has 1 amide bonds. The van der Waals surface area contributed by atoms with Crippen LogP contribution in [0, 0.1) is 0 Å². The molecule has 1 aliphatic rings. The number of rotatable bonds is 2. The third-order valence-electron chi connectivity index (χ3n) is 2.86. The van der Waals surface area contributed by atoms with Gasteiger partial charge in [0.1, 0.15) is 11.4 Å². The Kier molecular flexibility index (Phi) is 2.51. The summed E-state index contributed by atoms with van der Waals surface area (Å²) in [6.45, 7) is -0.260. The van der Waals surface area contributed by atoms with Crippen LogP contribution in [0.2, 0.25) is 0 Å². The predicted molar refractivity (Wildman–Crippen MR) is 66.7 cm³/mol. The summed E-state index contributed by atoms with van der Waals surface area (Å²) in [5.74, 6) is -0.495. The highest BCUT2D eigenvalue weighted by atomic mass is 32.2. The second kappa shape index (κ2) is 4.00. The van der Waals surface area contributed by atoms with Gasteiger partial charge in [-0.3, -0.25) is 4.79 Å². The number of carbonyl (C=O) groups is 1. The van der Waals surface area contributed by atoms with Crippen LogP contribution in [-0.4, -0.2) is 38.8 Å². The van der Waals surface area contributed by atoms with Crippen LogP contribution in [0.1, 0.15) is 16.2 Å². The van der Waals surface area contributed by atoms with E-state index in [1.165, 1.54) is 23.0 Å². The molecule has 2 N–H and O–H groups in total. The number of hydrogen-bond donors (Lipinski definition) is 1. The maximum absolute atomic E-state index is 12.3. The molecule has 0 fully saturated rings. The van der Waals surface area contributed by atoms with Gasteiger partial charge in [-0.25, -0.2) is 12.7 Å². The van der Waals surface area contributed by atoms with Crippen LogP contribution in [0.5, 0.6) is 0 Å². The molecule has 0 unspecified atom stereocenters. The van der Waals surface area contributed by atoms with Crippen molar-refractivity contribution in [1.82, 2.24) is 24.5 Å². The second-order valence-corrected chi connectivity index (χ2v) is 6.10. The smallest absolute Gasteiger partial charge is 0.269 e. The highest BCUT2D eigenvalue weighted by Gasteiger charge is 2.41. The summed E-state index contributed by atoms with van der Waals surface area (Å²) >= 11 is 0. The molecule has 0 bridgehead atoms. The summed E-state index contributed by atoms with van der Waals surface area (Å²) in [4.78, 5) is 13.3. The molecule has 2 aromatic rings. The summed E-state index contributed by atoms with van der Waals surface area (Å²) < 4.78 is 25.3. The number of anilines is 1. The van der Waals surface area contributed by atoms with Crippen LogP contribution < -0.4 is 5.73 Å². The van der Waals surface area contributed by atoms with E-state index in [1.54, 1.807) is 7.05 Å². The fourth-order valence-electron chi connectivity index (χ4n) is 1.97. The zero-order chi connectivity index (χ0) is 14.5. The number of nitrogens with two attached hydrogens (primary N) is 1. The average Bonchev–Trinajstić information content (AvgIpc) is 2.86. The van der Waals surface area contributed by atoms with Crippen molar-refractivity contribution < 1.29 is 13.2 Å². The van der Waals surface area contributed by atoms with E-state index in [1.807, 2.05) is 0 Å². The molecule has 0 radical (unpaired) electrons. The Labute approximate surface area is 114 Å². The lowest BCUT2D eigenvalue weighted by molar-refractivity contribution is 0.0862. The van der Waals surface area contributed by atoms with Crippen LogP contribution in [0.25, 0.3) is 0 Å². The molecule has 0 atom stereocenters. The number of aryl methyl sites for hydroxylation is 1. The van der Waals surface area contributed by atoms with Gasteiger partial charge in [0, 0.05) is 5.69 Å². The number of aromatic nitrogens is 4. The van der Waals surface area contributed by atoms with E-state index >= 15 is 0 Å². The molecule has 1 aliphatic heterocycles. The number of sulfonamides is 1. The lowest BCUT2D eigenvalue weighted by Gasteiger charge is -2.11. The third kappa shape index (κ3) is 1.72. The second-order valence-electron chi connectivity index (χ2n) is 4.27. The van der Waals surface area contributed by atoms with Crippen LogP contribution in [-0.2, 0) is 23.6 Å². The van der Waals surface area contributed by atoms with Crippen molar-refractivity contribution in [3.8, 4) is 0 Å².